The van der Waals surface area contributed by atoms with Crippen LogP contribution in [0, 0.1) is 0 Å². The quantitative estimate of drug-likeness (QED) is 0.842. The molecule has 1 aromatic heterocycles. The highest BCUT2D eigenvalue weighted by atomic mass is 16.2. The first-order valence-electron chi connectivity index (χ1n) is 6.56. The topological polar surface area (TPSA) is 45.2 Å². The van der Waals surface area contributed by atoms with Crippen LogP contribution in [-0.4, -0.2) is 36.4 Å². The summed E-state index contributed by atoms with van der Waals surface area (Å²) in [6.45, 7) is 4.95. The molecule has 0 spiro atoms. The van der Waals surface area contributed by atoms with Gasteiger partial charge in [0.05, 0.1) is 0 Å². The minimum atomic E-state index is 0.0631. The zero-order valence-corrected chi connectivity index (χ0v) is 11.8. The van der Waals surface area contributed by atoms with Gasteiger partial charge < -0.3 is 10.2 Å². The molecule has 0 aromatic carbocycles. The van der Waals surface area contributed by atoms with Crippen LogP contribution >= 0.6 is 0 Å². The van der Waals surface area contributed by atoms with Crippen molar-refractivity contribution in [1.29, 1.82) is 0 Å². The summed E-state index contributed by atoms with van der Waals surface area (Å²) in [5.74, 6) is 0.822. The maximum Gasteiger partial charge on any atom is 0.253 e. The number of carbonyl (C=O) groups excluding carboxylic acids is 1. The molecule has 100 valence electrons. The zero-order valence-electron chi connectivity index (χ0n) is 11.8. The molecule has 0 bridgehead atoms. The van der Waals surface area contributed by atoms with Gasteiger partial charge in [0, 0.05) is 31.9 Å². The van der Waals surface area contributed by atoms with Gasteiger partial charge in [0.25, 0.3) is 5.91 Å². The molecule has 1 aromatic rings. The molecule has 4 heteroatoms. The summed E-state index contributed by atoms with van der Waals surface area (Å²) in [4.78, 5) is 18.4. The summed E-state index contributed by atoms with van der Waals surface area (Å²) in [7, 11) is 3.66. The average Bonchev–Trinajstić information content (AvgIpc) is 2.38. The Balaban J connectivity index is 2.99. The predicted octanol–water partition coefficient (Wildman–Crippen LogP) is 2.56. The van der Waals surface area contributed by atoms with E-state index in [0.717, 1.165) is 37.3 Å². The lowest BCUT2D eigenvalue weighted by Gasteiger charge is -2.17. The van der Waals surface area contributed by atoms with Crippen LogP contribution < -0.4 is 5.32 Å². The Morgan fingerprint density at radius 1 is 1.33 bits per heavy atom. The number of rotatable bonds is 6. The van der Waals surface area contributed by atoms with Crippen LogP contribution in [0.5, 0.6) is 0 Å². The number of nitrogens with zero attached hydrogens (tertiary/aromatic N) is 2. The number of pyridine rings is 1. The Morgan fingerprint density at radius 3 is 2.61 bits per heavy atom. The van der Waals surface area contributed by atoms with E-state index in [1.165, 1.54) is 0 Å². The molecular formula is C14H23N3O. The van der Waals surface area contributed by atoms with Gasteiger partial charge >= 0.3 is 0 Å². The van der Waals surface area contributed by atoms with Crippen molar-refractivity contribution >= 4 is 11.7 Å². The minimum Gasteiger partial charge on any atom is -0.373 e. The monoisotopic (exact) mass is 249 g/mol. The normalized spacial score (nSPS) is 10.2. The van der Waals surface area contributed by atoms with Crippen LogP contribution in [0.25, 0.3) is 0 Å². The number of anilines is 1. The minimum absolute atomic E-state index is 0.0631. The number of amides is 1. The zero-order chi connectivity index (χ0) is 13.5. The van der Waals surface area contributed by atoms with E-state index in [4.69, 9.17) is 0 Å². The Bertz CT molecular complexity index is 404. The lowest BCUT2D eigenvalue weighted by atomic mass is 10.1. The van der Waals surface area contributed by atoms with Crippen molar-refractivity contribution in [2.24, 2.45) is 0 Å². The smallest absolute Gasteiger partial charge is 0.253 e. The molecule has 1 rings (SSSR count). The molecule has 0 saturated carbocycles. The van der Waals surface area contributed by atoms with E-state index in [1.807, 2.05) is 26.2 Å². The van der Waals surface area contributed by atoms with E-state index in [1.54, 1.807) is 4.90 Å². The SMILES string of the molecule is CCCc1cc(C(=O)N(C)CCC)cc(NC)n1. The molecular weight excluding hydrogens is 226 g/mol. The highest BCUT2D eigenvalue weighted by Gasteiger charge is 2.13. The van der Waals surface area contributed by atoms with Crippen molar-refractivity contribution in [3.8, 4) is 0 Å². The number of aryl methyl sites for hydroxylation is 1. The lowest BCUT2D eigenvalue weighted by molar-refractivity contribution is 0.0795. The fourth-order valence-corrected chi connectivity index (χ4v) is 1.88. The molecule has 0 aliphatic rings. The van der Waals surface area contributed by atoms with E-state index >= 15 is 0 Å². The highest BCUT2D eigenvalue weighted by molar-refractivity contribution is 5.94. The van der Waals surface area contributed by atoms with Crippen LogP contribution in [0.15, 0.2) is 12.1 Å². The molecule has 0 fully saturated rings. The highest BCUT2D eigenvalue weighted by Crippen LogP contribution is 2.13. The molecule has 4 nitrogen and oxygen atoms in total. The molecule has 0 atom stereocenters. The Morgan fingerprint density at radius 2 is 2.06 bits per heavy atom. The second kappa shape index (κ2) is 6.99. The molecule has 0 unspecified atom stereocenters. The van der Waals surface area contributed by atoms with Gasteiger partial charge in [-0.1, -0.05) is 20.3 Å². The third-order valence-corrected chi connectivity index (χ3v) is 2.79. The summed E-state index contributed by atoms with van der Waals surface area (Å²) >= 11 is 0. The molecule has 1 N–H and O–H groups in total. The summed E-state index contributed by atoms with van der Waals surface area (Å²) in [5, 5.41) is 3.01. The van der Waals surface area contributed by atoms with Crippen molar-refractivity contribution < 1.29 is 4.79 Å². The standard InChI is InChI=1S/C14H23N3O/c1-5-7-12-9-11(10-13(15-3)16-12)14(18)17(4)8-6-2/h9-10H,5-8H2,1-4H3,(H,15,16). The van der Waals surface area contributed by atoms with Crippen molar-refractivity contribution in [3.05, 3.63) is 23.4 Å². The van der Waals surface area contributed by atoms with Crippen LogP contribution in [0.3, 0.4) is 0 Å². The third-order valence-electron chi connectivity index (χ3n) is 2.79. The van der Waals surface area contributed by atoms with Crippen LogP contribution in [-0.2, 0) is 6.42 Å². The van der Waals surface area contributed by atoms with Crippen LogP contribution in [0.2, 0.25) is 0 Å². The van der Waals surface area contributed by atoms with Gasteiger partial charge in [0.2, 0.25) is 0 Å². The van der Waals surface area contributed by atoms with Gasteiger partial charge in [0.15, 0.2) is 0 Å². The summed E-state index contributed by atoms with van der Waals surface area (Å²) in [6, 6.07) is 3.71. The number of carbonyl (C=O) groups is 1. The van der Waals surface area contributed by atoms with Gasteiger partial charge in [-0.25, -0.2) is 4.98 Å². The van der Waals surface area contributed by atoms with E-state index < -0.39 is 0 Å². The Labute approximate surface area is 109 Å². The lowest BCUT2D eigenvalue weighted by Crippen LogP contribution is -2.27. The number of hydrogen-bond donors (Lipinski definition) is 1. The first-order chi connectivity index (χ1) is 8.62. The second-order valence-electron chi connectivity index (χ2n) is 4.46. The second-order valence-corrected chi connectivity index (χ2v) is 4.46. The summed E-state index contributed by atoms with van der Waals surface area (Å²) in [6.07, 6.45) is 2.89. The molecule has 0 radical (unpaired) electrons. The van der Waals surface area contributed by atoms with Crippen LogP contribution in [0.1, 0.15) is 42.7 Å². The number of nitrogens with one attached hydrogen (secondary N) is 1. The maximum atomic E-state index is 12.2. The van der Waals surface area contributed by atoms with Gasteiger partial charge in [-0.15, -0.1) is 0 Å². The van der Waals surface area contributed by atoms with Crippen LogP contribution in [0.4, 0.5) is 5.82 Å². The molecule has 0 saturated heterocycles. The first kappa shape index (κ1) is 14.5. The molecule has 18 heavy (non-hydrogen) atoms. The van der Waals surface area contributed by atoms with Gasteiger partial charge in [-0.05, 0) is 25.0 Å². The summed E-state index contributed by atoms with van der Waals surface area (Å²) in [5.41, 5.74) is 1.69. The number of aromatic nitrogens is 1. The van der Waals surface area contributed by atoms with Gasteiger partial charge in [-0.2, -0.15) is 0 Å². The van der Waals surface area contributed by atoms with Crippen molar-refractivity contribution in [1.82, 2.24) is 9.88 Å². The fourth-order valence-electron chi connectivity index (χ4n) is 1.88. The summed E-state index contributed by atoms with van der Waals surface area (Å²) < 4.78 is 0. The molecule has 1 amide bonds. The van der Waals surface area contributed by atoms with Gasteiger partial charge in [0.1, 0.15) is 5.82 Å². The van der Waals surface area contributed by atoms with Crippen molar-refractivity contribution in [2.75, 3.05) is 26.0 Å². The molecule has 0 aliphatic heterocycles. The van der Waals surface area contributed by atoms with Crippen molar-refractivity contribution in [3.63, 3.8) is 0 Å². The fraction of sp³-hybridized carbons (Fsp3) is 0.571. The van der Waals surface area contributed by atoms with E-state index in [-0.39, 0.29) is 5.91 Å². The van der Waals surface area contributed by atoms with E-state index in [0.29, 0.717) is 5.56 Å². The Kier molecular flexibility index (Phi) is 5.62. The molecule has 1 heterocycles. The number of hydrogen-bond acceptors (Lipinski definition) is 3. The van der Waals surface area contributed by atoms with Gasteiger partial charge in [-0.3, -0.25) is 4.79 Å². The first-order valence-corrected chi connectivity index (χ1v) is 6.56. The predicted molar refractivity (Wildman–Crippen MR) is 75.0 cm³/mol. The van der Waals surface area contributed by atoms with E-state index in [9.17, 15) is 4.79 Å². The Hall–Kier alpha value is -1.58. The largest absolute Gasteiger partial charge is 0.373 e. The van der Waals surface area contributed by atoms with Crippen molar-refractivity contribution in [2.45, 2.75) is 33.1 Å². The third kappa shape index (κ3) is 3.72. The maximum absolute atomic E-state index is 12.2. The average molecular weight is 249 g/mol. The molecule has 0 aliphatic carbocycles. The van der Waals surface area contributed by atoms with E-state index in [2.05, 4.69) is 24.1 Å².